The van der Waals surface area contributed by atoms with Gasteiger partial charge in [-0.15, -0.1) is 0 Å². The molecule has 0 bridgehead atoms. The summed E-state index contributed by atoms with van der Waals surface area (Å²) in [5.74, 6) is -0.680. The fraction of sp³-hybridized carbons (Fsp3) is 0.333. The first-order valence-corrected chi connectivity index (χ1v) is 6.43. The molecule has 0 aromatic heterocycles. The van der Waals surface area contributed by atoms with E-state index in [1.807, 2.05) is 0 Å². The van der Waals surface area contributed by atoms with Gasteiger partial charge in [-0.25, -0.2) is 9.18 Å². The summed E-state index contributed by atoms with van der Waals surface area (Å²) in [6.45, 7) is 3.64. The molecule has 7 heteroatoms. The number of amides is 3. The number of imide groups is 1. The van der Waals surface area contributed by atoms with Crippen LogP contribution in [0.4, 0.5) is 9.18 Å². The van der Waals surface area contributed by atoms with Crippen molar-refractivity contribution in [3.63, 3.8) is 0 Å². The van der Waals surface area contributed by atoms with Gasteiger partial charge in [0.1, 0.15) is 11.6 Å². The summed E-state index contributed by atoms with van der Waals surface area (Å²) in [5.41, 5.74) is 0. The lowest BCUT2D eigenvalue weighted by Crippen LogP contribution is -2.45. The number of rotatable bonds is 4. The minimum Gasteiger partial charge on any atom is -0.480 e. The lowest BCUT2D eigenvalue weighted by atomic mass is 10.3. The summed E-state index contributed by atoms with van der Waals surface area (Å²) in [7, 11) is 0. The number of nitrogens with one attached hydrogen (secondary N) is 2. The third-order valence-electron chi connectivity index (χ3n) is 2.14. The molecular formula is C12H14BrFN2O3. The molecular weight excluding hydrogens is 319 g/mol. The van der Waals surface area contributed by atoms with Crippen LogP contribution in [0.25, 0.3) is 0 Å². The quantitative estimate of drug-likeness (QED) is 0.888. The number of carbonyl (C=O) groups is 2. The van der Waals surface area contributed by atoms with Crippen molar-refractivity contribution in [2.45, 2.75) is 20.0 Å². The largest absolute Gasteiger partial charge is 0.480 e. The number of halogens is 2. The molecule has 0 heterocycles. The first-order valence-electron chi connectivity index (χ1n) is 5.64. The minimum atomic E-state index is -0.885. The van der Waals surface area contributed by atoms with Crippen LogP contribution in [0.5, 0.6) is 5.75 Å². The first-order chi connectivity index (χ1) is 8.93. The fourth-order valence-corrected chi connectivity index (χ4v) is 1.68. The second kappa shape index (κ2) is 7.08. The smallest absolute Gasteiger partial charge is 0.321 e. The van der Waals surface area contributed by atoms with Gasteiger partial charge in [-0.1, -0.05) is 0 Å². The number of carbonyl (C=O) groups excluding carboxylic acids is 2. The van der Waals surface area contributed by atoms with Crippen molar-refractivity contribution in [2.24, 2.45) is 0 Å². The van der Waals surface area contributed by atoms with Crippen molar-refractivity contribution in [2.75, 3.05) is 6.54 Å². The SMILES string of the molecule is CCNC(=O)NC(=O)C(C)Oc1ccc(F)cc1Br. The number of benzene rings is 1. The van der Waals surface area contributed by atoms with Crippen LogP contribution in [0.3, 0.4) is 0 Å². The maximum Gasteiger partial charge on any atom is 0.321 e. The molecule has 0 aliphatic rings. The molecule has 19 heavy (non-hydrogen) atoms. The van der Waals surface area contributed by atoms with Gasteiger partial charge in [-0.3, -0.25) is 10.1 Å². The molecule has 1 unspecified atom stereocenters. The molecule has 1 aromatic rings. The molecule has 104 valence electrons. The van der Waals surface area contributed by atoms with Crippen molar-refractivity contribution in [1.82, 2.24) is 10.6 Å². The van der Waals surface area contributed by atoms with Crippen LogP contribution in [0, 0.1) is 5.82 Å². The van der Waals surface area contributed by atoms with E-state index in [0.717, 1.165) is 0 Å². The Morgan fingerprint density at radius 3 is 2.74 bits per heavy atom. The van der Waals surface area contributed by atoms with E-state index in [4.69, 9.17) is 4.74 Å². The molecule has 1 rings (SSSR count). The van der Waals surface area contributed by atoms with Gasteiger partial charge in [0, 0.05) is 6.54 Å². The normalized spacial score (nSPS) is 11.6. The second-order valence-electron chi connectivity index (χ2n) is 3.68. The van der Waals surface area contributed by atoms with Crippen LogP contribution in [0.15, 0.2) is 22.7 Å². The fourth-order valence-electron chi connectivity index (χ4n) is 1.23. The Morgan fingerprint density at radius 2 is 2.16 bits per heavy atom. The van der Waals surface area contributed by atoms with E-state index in [0.29, 0.717) is 16.8 Å². The van der Waals surface area contributed by atoms with E-state index in [2.05, 4.69) is 26.6 Å². The van der Waals surface area contributed by atoms with Gasteiger partial charge in [-0.05, 0) is 48.0 Å². The lowest BCUT2D eigenvalue weighted by Gasteiger charge is -2.15. The summed E-state index contributed by atoms with van der Waals surface area (Å²) in [6.07, 6.45) is -0.885. The molecule has 0 aliphatic heterocycles. The Bertz CT molecular complexity index is 482. The van der Waals surface area contributed by atoms with Gasteiger partial charge in [-0.2, -0.15) is 0 Å². The van der Waals surface area contributed by atoms with E-state index < -0.39 is 23.9 Å². The van der Waals surface area contributed by atoms with Gasteiger partial charge >= 0.3 is 6.03 Å². The van der Waals surface area contributed by atoms with Gasteiger partial charge in [0.15, 0.2) is 6.10 Å². The zero-order chi connectivity index (χ0) is 14.4. The third-order valence-corrected chi connectivity index (χ3v) is 2.76. The number of urea groups is 1. The highest BCUT2D eigenvalue weighted by atomic mass is 79.9. The number of ether oxygens (including phenoxy) is 1. The summed E-state index contributed by atoms with van der Waals surface area (Å²) < 4.78 is 18.6. The van der Waals surface area contributed by atoms with Gasteiger partial charge in [0.2, 0.25) is 0 Å². The predicted molar refractivity (Wildman–Crippen MR) is 71.4 cm³/mol. The molecule has 0 saturated heterocycles. The van der Waals surface area contributed by atoms with Crippen molar-refractivity contribution in [3.05, 3.63) is 28.5 Å². The topological polar surface area (TPSA) is 67.4 Å². The molecule has 0 radical (unpaired) electrons. The Labute approximate surface area is 118 Å². The molecule has 0 aliphatic carbocycles. The Hall–Kier alpha value is -1.63. The lowest BCUT2D eigenvalue weighted by molar-refractivity contribution is -0.126. The van der Waals surface area contributed by atoms with Crippen molar-refractivity contribution < 1.29 is 18.7 Å². The molecule has 3 amide bonds. The molecule has 5 nitrogen and oxygen atoms in total. The van der Waals surface area contributed by atoms with Crippen LogP contribution in [-0.2, 0) is 4.79 Å². The van der Waals surface area contributed by atoms with E-state index >= 15 is 0 Å². The standard InChI is InChI=1S/C12H14BrFN2O3/c1-3-15-12(18)16-11(17)7(2)19-10-5-4-8(14)6-9(10)13/h4-7H,3H2,1-2H3,(H2,15,16,17,18). The molecule has 0 spiro atoms. The highest BCUT2D eigenvalue weighted by Crippen LogP contribution is 2.26. The maximum atomic E-state index is 12.9. The van der Waals surface area contributed by atoms with Crippen LogP contribution >= 0.6 is 15.9 Å². The Morgan fingerprint density at radius 1 is 1.47 bits per heavy atom. The Balaban J connectivity index is 2.61. The monoisotopic (exact) mass is 332 g/mol. The molecule has 0 saturated carbocycles. The van der Waals surface area contributed by atoms with Crippen LogP contribution in [0.2, 0.25) is 0 Å². The van der Waals surface area contributed by atoms with E-state index in [1.54, 1.807) is 6.92 Å². The number of hydrogen-bond acceptors (Lipinski definition) is 3. The van der Waals surface area contributed by atoms with E-state index in [-0.39, 0.29) is 0 Å². The van der Waals surface area contributed by atoms with Crippen molar-refractivity contribution in [1.29, 1.82) is 0 Å². The maximum absolute atomic E-state index is 12.9. The predicted octanol–water partition coefficient (Wildman–Crippen LogP) is 2.20. The zero-order valence-corrected chi connectivity index (χ0v) is 12.1. The number of hydrogen-bond donors (Lipinski definition) is 2. The third kappa shape index (κ3) is 4.86. The van der Waals surface area contributed by atoms with Gasteiger partial charge in [0.05, 0.1) is 4.47 Å². The minimum absolute atomic E-state index is 0.319. The summed E-state index contributed by atoms with van der Waals surface area (Å²) in [6, 6.07) is 3.26. The van der Waals surface area contributed by atoms with Crippen LogP contribution in [0.1, 0.15) is 13.8 Å². The highest BCUT2D eigenvalue weighted by molar-refractivity contribution is 9.10. The van der Waals surface area contributed by atoms with Gasteiger partial charge < -0.3 is 10.1 Å². The first kappa shape index (κ1) is 15.4. The molecule has 0 fully saturated rings. The Kier molecular flexibility index (Phi) is 5.75. The average Bonchev–Trinajstić information content (AvgIpc) is 2.32. The summed E-state index contributed by atoms with van der Waals surface area (Å²) in [5, 5.41) is 4.56. The van der Waals surface area contributed by atoms with E-state index in [1.165, 1.54) is 25.1 Å². The average molecular weight is 333 g/mol. The molecule has 2 N–H and O–H groups in total. The van der Waals surface area contributed by atoms with Crippen molar-refractivity contribution in [3.8, 4) is 5.75 Å². The highest BCUT2D eigenvalue weighted by Gasteiger charge is 2.18. The second-order valence-corrected chi connectivity index (χ2v) is 4.54. The summed E-state index contributed by atoms with van der Waals surface area (Å²) in [4.78, 5) is 22.8. The van der Waals surface area contributed by atoms with Crippen LogP contribution in [-0.4, -0.2) is 24.6 Å². The molecule has 1 aromatic carbocycles. The van der Waals surface area contributed by atoms with Crippen molar-refractivity contribution >= 4 is 27.9 Å². The molecule has 1 atom stereocenters. The van der Waals surface area contributed by atoms with E-state index in [9.17, 15) is 14.0 Å². The van der Waals surface area contributed by atoms with Crippen LogP contribution < -0.4 is 15.4 Å². The zero-order valence-electron chi connectivity index (χ0n) is 10.5. The summed E-state index contributed by atoms with van der Waals surface area (Å²) >= 11 is 3.12. The van der Waals surface area contributed by atoms with Gasteiger partial charge in [0.25, 0.3) is 5.91 Å².